The molecular weight excluding hydrogens is 252 g/mol. The molecule has 4 heteroatoms. The molecule has 1 aromatic carbocycles. The van der Waals surface area contributed by atoms with E-state index in [0.717, 1.165) is 36.3 Å². The van der Waals surface area contributed by atoms with Crippen molar-refractivity contribution in [1.82, 2.24) is 4.90 Å². The van der Waals surface area contributed by atoms with Gasteiger partial charge in [-0.1, -0.05) is 18.2 Å². The molecule has 2 rings (SSSR count). The maximum atomic E-state index is 12.3. The van der Waals surface area contributed by atoms with Gasteiger partial charge in [0.1, 0.15) is 5.75 Å². The van der Waals surface area contributed by atoms with E-state index < -0.39 is 0 Å². The highest BCUT2D eigenvalue weighted by Crippen LogP contribution is 2.25. The number of ether oxygens (including phenoxy) is 1. The Balaban J connectivity index is 2.15. The van der Waals surface area contributed by atoms with Gasteiger partial charge in [0.2, 0.25) is 5.91 Å². The van der Waals surface area contributed by atoms with Crippen molar-refractivity contribution in [3.8, 4) is 5.75 Å². The first-order valence-corrected chi connectivity index (χ1v) is 6.98. The van der Waals surface area contributed by atoms with Crippen molar-refractivity contribution in [2.24, 2.45) is 5.73 Å². The van der Waals surface area contributed by atoms with Crippen LogP contribution in [0.25, 0.3) is 5.57 Å². The Labute approximate surface area is 120 Å². The van der Waals surface area contributed by atoms with Crippen LogP contribution in [0.15, 0.2) is 30.3 Å². The number of benzene rings is 1. The number of nitrogens with two attached hydrogens (primary N) is 1. The second-order valence-corrected chi connectivity index (χ2v) is 5.21. The van der Waals surface area contributed by atoms with Gasteiger partial charge in [0.05, 0.1) is 7.11 Å². The number of piperidine rings is 1. The fraction of sp³-hybridized carbons (Fsp3) is 0.438. The average molecular weight is 274 g/mol. The van der Waals surface area contributed by atoms with Crippen molar-refractivity contribution < 1.29 is 9.53 Å². The third-order valence-electron chi connectivity index (χ3n) is 3.64. The fourth-order valence-electron chi connectivity index (χ4n) is 2.53. The van der Waals surface area contributed by atoms with E-state index in [-0.39, 0.29) is 11.9 Å². The van der Waals surface area contributed by atoms with E-state index in [2.05, 4.69) is 0 Å². The second kappa shape index (κ2) is 6.57. The van der Waals surface area contributed by atoms with E-state index in [9.17, 15) is 4.79 Å². The van der Waals surface area contributed by atoms with Gasteiger partial charge in [-0.05, 0) is 31.4 Å². The number of nitrogens with zero attached hydrogens (tertiary/aromatic N) is 1. The van der Waals surface area contributed by atoms with E-state index >= 15 is 0 Å². The Morgan fingerprint density at radius 2 is 2.20 bits per heavy atom. The number of amides is 1. The van der Waals surface area contributed by atoms with Crippen molar-refractivity contribution in [2.45, 2.75) is 25.8 Å². The Morgan fingerprint density at radius 1 is 1.45 bits per heavy atom. The molecule has 1 aromatic rings. The Bertz CT molecular complexity index is 511. The first kappa shape index (κ1) is 14.6. The highest BCUT2D eigenvalue weighted by molar-refractivity contribution is 5.95. The number of likely N-dealkylation sites (tertiary alicyclic amines) is 1. The highest BCUT2D eigenvalue weighted by Gasteiger charge is 2.20. The molecule has 0 radical (unpaired) electrons. The third kappa shape index (κ3) is 3.39. The molecule has 1 amide bonds. The maximum absolute atomic E-state index is 12.3. The molecule has 1 fully saturated rings. The number of hydrogen-bond donors (Lipinski definition) is 1. The molecule has 2 N–H and O–H groups in total. The highest BCUT2D eigenvalue weighted by atomic mass is 16.5. The average Bonchev–Trinajstić information content (AvgIpc) is 2.47. The summed E-state index contributed by atoms with van der Waals surface area (Å²) < 4.78 is 5.32. The summed E-state index contributed by atoms with van der Waals surface area (Å²) in [5.74, 6) is 0.813. The Kier molecular flexibility index (Phi) is 4.79. The minimum atomic E-state index is 0.0311. The topological polar surface area (TPSA) is 55.6 Å². The quantitative estimate of drug-likeness (QED) is 0.858. The number of rotatable bonds is 3. The van der Waals surface area contributed by atoms with Gasteiger partial charge in [0.15, 0.2) is 0 Å². The number of carbonyl (C=O) groups is 1. The van der Waals surface area contributed by atoms with Crippen LogP contribution < -0.4 is 10.5 Å². The molecule has 1 unspecified atom stereocenters. The minimum Gasteiger partial charge on any atom is -0.496 e. The summed E-state index contributed by atoms with van der Waals surface area (Å²) in [6, 6.07) is 7.82. The van der Waals surface area contributed by atoms with Crippen LogP contribution >= 0.6 is 0 Å². The van der Waals surface area contributed by atoms with Crippen LogP contribution in [-0.4, -0.2) is 37.0 Å². The summed E-state index contributed by atoms with van der Waals surface area (Å²) >= 11 is 0. The summed E-state index contributed by atoms with van der Waals surface area (Å²) in [4.78, 5) is 14.1. The van der Waals surface area contributed by atoms with E-state index in [4.69, 9.17) is 10.5 Å². The van der Waals surface area contributed by atoms with Crippen molar-refractivity contribution in [3.05, 3.63) is 35.9 Å². The zero-order chi connectivity index (χ0) is 14.5. The molecule has 1 aliphatic heterocycles. The zero-order valence-electron chi connectivity index (χ0n) is 12.1. The first-order valence-electron chi connectivity index (χ1n) is 6.98. The fourth-order valence-corrected chi connectivity index (χ4v) is 2.53. The van der Waals surface area contributed by atoms with Crippen molar-refractivity contribution in [2.75, 3.05) is 20.2 Å². The largest absolute Gasteiger partial charge is 0.496 e. The van der Waals surface area contributed by atoms with Crippen molar-refractivity contribution in [3.63, 3.8) is 0 Å². The maximum Gasteiger partial charge on any atom is 0.246 e. The predicted octanol–water partition coefficient (Wildman–Crippen LogP) is 2.05. The van der Waals surface area contributed by atoms with Gasteiger partial charge < -0.3 is 15.4 Å². The van der Waals surface area contributed by atoms with E-state index in [1.54, 1.807) is 13.2 Å². The molecule has 1 heterocycles. The molecule has 0 saturated carbocycles. The minimum absolute atomic E-state index is 0.0311. The number of hydrogen-bond acceptors (Lipinski definition) is 3. The molecule has 0 aliphatic carbocycles. The lowest BCUT2D eigenvalue weighted by molar-refractivity contribution is -0.127. The summed E-state index contributed by atoms with van der Waals surface area (Å²) in [5, 5.41) is 0. The second-order valence-electron chi connectivity index (χ2n) is 5.21. The predicted molar refractivity (Wildman–Crippen MR) is 80.4 cm³/mol. The van der Waals surface area contributed by atoms with E-state index in [0.29, 0.717) is 6.54 Å². The summed E-state index contributed by atoms with van der Waals surface area (Å²) in [7, 11) is 1.64. The molecule has 0 aromatic heterocycles. The van der Waals surface area contributed by atoms with Crippen LogP contribution in [0.1, 0.15) is 25.3 Å². The van der Waals surface area contributed by atoms with Gasteiger partial charge in [-0.15, -0.1) is 0 Å². The van der Waals surface area contributed by atoms with Gasteiger partial charge >= 0.3 is 0 Å². The number of carbonyl (C=O) groups excluding carboxylic acids is 1. The van der Waals surface area contributed by atoms with Gasteiger partial charge in [-0.25, -0.2) is 0 Å². The lowest BCUT2D eigenvalue weighted by Crippen LogP contribution is -2.45. The van der Waals surface area contributed by atoms with E-state index in [1.807, 2.05) is 36.1 Å². The molecule has 1 atom stereocenters. The summed E-state index contributed by atoms with van der Waals surface area (Å²) in [5.41, 5.74) is 7.77. The third-order valence-corrected chi connectivity index (χ3v) is 3.64. The molecule has 0 bridgehead atoms. The first-order chi connectivity index (χ1) is 9.61. The number of allylic oxidation sites excluding steroid dienone is 1. The van der Waals surface area contributed by atoms with Crippen LogP contribution in [0.2, 0.25) is 0 Å². The lowest BCUT2D eigenvalue weighted by atomic mass is 10.0. The Hall–Kier alpha value is -1.81. The molecule has 1 aliphatic rings. The zero-order valence-corrected chi connectivity index (χ0v) is 12.1. The monoisotopic (exact) mass is 274 g/mol. The molecule has 20 heavy (non-hydrogen) atoms. The molecule has 1 saturated heterocycles. The smallest absolute Gasteiger partial charge is 0.246 e. The number of methoxy groups -OCH3 is 1. The molecule has 108 valence electrons. The summed E-state index contributed by atoms with van der Waals surface area (Å²) in [6.07, 6.45) is 3.66. The van der Waals surface area contributed by atoms with Crippen LogP contribution in [-0.2, 0) is 4.79 Å². The molecular formula is C16H22N2O2. The summed E-state index contributed by atoms with van der Waals surface area (Å²) in [6.45, 7) is 3.37. The van der Waals surface area contributed by atoms with Crippen LogP contribution in [0.5, 0.6) is 5.75 Å². The van der Waals surface area contributed by atoms with Gasteiger partial charge in [0, 0.05) is 30.8 Å². The van der Waals surface area contributed by atoms with Crippen LogP contribution in [0, 0.1) is 0 Å². The van der Waals surface area contributed by atoms with E-state index in [1.165, 1.54) is 0 Å². The molecule has 0 spiro atoms. The molecule has 4 nitrogen and oxygen atoms in total. The van der Waals surface area contributed by atoms with Crippen molar-refractivity contribution >= 4 is 11.5 Å². The lowest BCUT2D eigenvalue weighted by Gasteiger charge is -2.30. The SMILES string of the molecule is COc1ccccc1C(C)=CC(=O)N1CCCC(N)C1. The van der Waals surface area contributed by atoms with Gasteiger partial charge in [-0.2, -0.15) is 0 Å². The van der Waals surface area contributed by atoms with Crippen molar-refractivity contribution in [1.29, 1.82) is 0 Å². The van der Waals surface area contributed by atoms with Gasteiger partial charge in [0.25, 0.3) is 0 Å². The standard InChI is InChI=1S/C16H22N2O2/c1-12(14-7-3-4-8-15(14)20-2)10-16(19)18-9-5-6-13(17)11-18/h3-4,7-8,10,13H,5-6,9,11,17H2,1-2H3. The van der Waals surface area contributed by atoms with Gasteiger partial charge in [-0.3, -0.25) is 4.79 Å². The van der Waals surface area contributed by atoms with Crippen LogP contribution in [0.4, 0.5) is 0 Å². The normalized spacial score (nSPS) is 19.9. The number of para-hydroxylation sites is 1. The Morgan fingerprint density at radius 3 is 2.90 bits per heavy atom. The van der Waals surface area contributed by atoms with Crippen LogP contribution in [0.3, 0.4) is 0 Å².